The Kier molecular flexibility index (Phi) is 6.33. The first-order chi connectivity index (χ1) is 13.8. The highest BCUT2D eigenvalue weighted by atomic mass is 35.5. The van der Waals surface area contributed by atoms with Gasteiger partial charge in [-0.05, 0) is 31.9 Å². The van der Waals surface area contributed by atoms with Gasteiger partial charge >= 0.3 is 0 Å². The van der Waals surface area contributed by atoms with Gasteiger partial charge in [0.05, 0.1) is 17.8 Å². The van der Waals surface area contributed by atoms with Gasteiger partial charge in [0.15, 0.2) is 0 Å². The van der Waals surface area contributed by atoms with Crippen LogP contribution in [0.4, 0.5) is 0 Å². The molecule has 0 fully saturated rings. The van der Waals surface area contributed by atoms with Crippen molar-refractivity contribution in [2.24, 2.45) is 5.92 Å². The van der Waals surface area contributed by atoms with Crippen LogP contribution in [0.3, 0.4) is 0 Å². The molecule has 29 heavy (non-hydrogen) atoms. The van der Waals surface area contributed by atoms with E-state index in [-0.39, 0.29) is 5.91 Å². The second-order valence-electron chi connectivity index (χ2n) is 7.64. The Balaban J connectivity index is 1.74. The highest BCUT2D eigenvalue weighted by Gasteiger charge is 2.14. The van der Waals surface area contributed by atoms with Gasteiger partial charge in [-0.15, -0.1) is 0 Å². The van der Waals surface area contributed by atoms with Crippen molar-refractivity contribution in [3.8, 4) is 0 Å². The maximum atomic E-state index is 12.6. The first-order valence-electron chi connectivity index (χ1n) is 9.64. The van der Waals surface area contributed by atoms with Gasteiger partial charge in [0.25, 0.3) is 0 Å². The van der Waals surface area contributed by atoms with Gasteiger partial charge in [-0.1, -0.05) is 43.6 Å². The predicted octanol–water partition coefficient (Wildman–Crippen LogP) is 4.42. The van der Waals surface area contributed by atoms with E-state index in [4.69, 9.17) is 11.6 Å². The molecule has 0 spiro atoms. The summed E-state index contributed by atoms with van der Waals surface area (Å²) < 4.78 is 1.78. The van der Waals surface area contributed by atoms with Gasteiger partial charge in [-0.2, -0.15) is 5.10 Å². The number of carbonyl (C=O) groups is 1. The summed E-state index contributed by atoms with van der Waals surface area (Å²) >= 11 is 6.44. The molecule has 1 aromatic carbocycles. The number of carbonyl (C=O) groups excluding carboxylic acids is 1. The van der Waals surface area contributed by atoms with Crippen LogP contribution >= 0.6 is 11.6 Å². The van der Waals surface area contributed by atoms with Crippen LogP contribution < -0.4 is 0 Å². The molecule has 0 N–H and O–H groups in total. The number of amides is 1. The summed E-state index contributed by atoms with van der Waals surface area (Å²) in [6, 6.07) is 7.86. The lowest BCUT2D eigenvalue weighted by atomic mass is 10.2. The molecule has 0 aliphatic carbocycles. The molecular formula is C22H26ClN5O. The first-order valence-corrected chi connectivity index (χ1v) is 10.0. The number of aryl methyl sites for hydroxylation is 2. The minimum atomic E-state index is -0.147. The minimum absolute atomic E-state index is 0.147. The van der Waals surface area contributed by atoms with Crippen LogP contribution in [0, 0.1) is 19.8 Å². The van der Waals surface area contributed by atoms with Crippen molar-refractivity contribution in [3.05, 3.63) is 58.3 Å². The summed E-state index contributed by atoms with van der Waals surface area (Å²) in [5.74, 6) is 0.901. The average Bonchev–Trinajstić information content (AvgIpc) is 2.92. The van der Waals surface area contributed by atoms with Crippen molar-refractivity contribution in [3.63, 3.8) is 0 Å². The highest BCUT2D eigenvalue weighted by molar-refractivity contribution is 6.31. The molecule has 0 bridgehead atoms. The van der Waals surface area contributed by atoms with Crippen molar-refractivity contribution in [1.82, 2.24) is 24.6 Å². The fourth-order valence-corrected chi connectivity index (χ4v) is 3.47. The van der Waals surface area contributed by atoms with Crippen molar-refractivity contribution < 1.29 is 4.79 Å². The second-order valence-corrected chi connectivity index (χ2v) is 7.99. The first kappa shape index (κ1) is 21.0. The Bertz CT molecular complexity index is 1070. The van der Waals surface area contributed by atoms with E-state index in [9.17, 15) is 4.79 Å². The summed E-state index contributed by atoms with van der Waals surface area (Å²) in [6.07, 6.45) is 3.25. The maximum Gasteiger partial charge on any atom is 0.246 e. The van der Waals surface area contributed by atoms with E-state index in [1.807, 2.05) is 38.1 Å². The maximum absolute atomic E-state index is 12.6. The Morgan fingerprint density at radius 1 is 1.21 bits per heavy atom. The molecule has 6 nitrogen and oxygen atoms in total. The number of hydrogen-bond donors (Lipinski definition) is 0. The zero-order valence-corrected chi connectivity index (χ0v) is 18.2. The van der Waals surface area contributed by atoms with Crippen LogP contribution in [-0.2, 0) is 17.9 Å². The largest absolute Gasteiger partial charge is 0.335 e. The second kappa shape index (κ2) is 8.74. The van der Waals surface area contributed by atoms with Crippen molar-refractivity contribution in [2.75, 3.05) is 7.05 Å². The number of benzene rings is 1. The quantitative estimate of drug-likeness (QED) is 0.563. The zero-order valence-electron chi connectivity index (χ0n) is 17.5. The van der Waals surface area contributed by atoms with Crippen molar-refractivity contribution in [2.45, 2.75) is 40.8 Å². The fourth-order valence-electron chi connectivity index (χ4n) is 3.16. The summed E-state index contributed by atoms with van der Waals surface area (Å²) in [5, 5.41) is 6.04. The highest BCUT2D eigenvalue weighted by Crippen LogP contribution is 2.22. The molecule has 0 atom stereocenters. The van der Waals surface area contributed by atoms with Crippen LogP contribution in [0.1, 0.15) is 36.6 Å². The average molecular weight is 412 g/mol. The monoisotopic (exact) mass is 411 g/mol. The van der Waals surface area contributed by atoms with Crippen molar-refractivity contribution in [1.29, 1.82) is 0 Å². The van der Waals surface area contributed by atoms with E-state index in [0.717, 1.165) is 34.4 Å². The van der Waals surface area contributed by atoms with E-state index in [2.05, 4.69) is 28.9 Å². The Morgan fingerprint density at radius 3 is 2.66 bits per heavy atom. The number of rotatable bonds is 6. The molecular weight excluding hydrogens is 386 g/mol. The van der Waals surface area contributed by atoms with Gasteiger partial charge in [0, 0.05) is 36.3 Å². The van der Waals surface area contributed by atoms with E-state index >= 15 is 0 Å². The molecule has 0 aliphatic rings. The lowest BCUT2D eigenvalue weighted by Crippen LogP contribution is -2.25. The smallest absolute Gasteiger partial charge is 0.246 e. The molecule has 0 unspecified atom stereocenters. The number of hydrogen-bond acceptors (Lipinski definition) is 4. The van der Waals surface area contributed by atoms with Gasteiger partial charge in [-0.3, -0.25) is 9.48 Å². The summed E-state index contributed by atoms with van der Waals surface area (Å²) in [6.45, 7) is 9.13. The third-order valence-corrected chi connectivity index (χ3v) is 5.03. The third kappa shape index (κ3) is 4.82. The molecule has 1 amide bonds. The van der Waals surface area contributed by atoms with Crippen LogP contribution in [0.2, 0.25) is 5.15 Å². The molecule has 7 heteroatoms. The fraction of sp³-hybridized carbons (Fsp3) is 0.364. The Morgan fingerprint density at radius 2 is 1.93 bits per heavy atom. The Labute approximate surface area is 176 Å². The molecule has 2 aromatic heterocycles. The predicted molar refractivity (Wildman–Crippen MR) is 117 cm³/mol. The van der Waals surface area contributed by atoms with Crippen LogP contribution in [-0.4, -0.2) is 37.6 Å². The molecule has 3 aromatic rings. The SMILES string of the molecule is Cc1nn(CC(C)C)c(Cl)c1/C=C/C(=O)N(C)Cc1nc(C)c2ccccc2n1. The molecule has 0 saturated carbocycles. The molecule has 152 valence electrons. The van der Waals surface area contributed by atoms with E-state index in [1.165, 1.54) is 6.08 Å². The van der Waals surface area contributed by atoms with Gasteiger partial charge in [0.2, 0.25) is 5.91 Å². The van der Waals surface area contributed by atoms with Crippen LogP contribution in [0.15, 0.2) is 30.3 Å². The van der Waals surface area contributed by atoms with Gasteiger partial charge in [0.1, 0.15) is 11.0 Å². The van der Waals surface area contributed by atoms with Crippen molar-refractivity contribution >= 4 is 34.5 Å². The van der Waals surface area contributed by atoms with Gasteiger partial charge < -0.3 is 4.90 Å². The summed E-state index contributed by atoms with van der Waals surface area (Å²) in [5.41, 5.74) is 3.36. The van der Waals surface area contributed by atoms with E-state index in [1.54, 1.807) is 22.7 Å². The van der Waals surface area contributed by atoms with Gasteiger partial charge in [-0.25, -0.2) is 9.97 Å². The number of nitrogens with zero attached hydrogens (tertiary/aromatic N) is 5. The zero-order chi connectivity index (χ0) is 21.1. The molecule has 0 saturated heterocycles. The number of para-hydroxylation sites is 1. The summed E-state index contributed by atoms with van der Waals surface area (Å²) in [4.78, 5) is 23.3. The van der Waals surface area contributed by atoms with Crippen LogP contribution in [0.25, 0.3) is 17.0 Å². The normalized spacial score (nSPS) is 11.7. The molecule has 0 aliphatic heterocycles. The Hall–Kier alpha value is -2.73. The number of halogens is 1. The standard InChI is InChI=1S/C22H26ClN5O/c1-14(2)12-28-22(23)18(16(4)26-28)10-11-21(29)27(5)13-20-24-15(3)17-8-6-7-9-19(17)25-20/h6-11,14H,12-13H2,1-5H3/b11-10+. The molecule has 3 rings (SSSR count). The molecule has 2 heterocycles. The number of aromatic nitrogens is 4. The molecule has 0 radical (unpaired) electrons. The topological polar surface area (TPSA) is 63.9 Å². The lowest BCUT2D eigenvalue weighted by molar-refractivity contribution is -0.125. The number of likely N-dealkylation sites (N-methyl/N-ethyl adjacent to an activating group) is 1. The summed E-state index contributed by atoms with van der Waals surface area (Å²) in [7, 11) is 1.73. The third-order valence-electron chi connectivity index (χ3n) is 4.63. The van der Waals surface area contributed by atoms with Crippen LogP contribution in [0.5, 0.6) is 0 Å². The van der Waals surface area contributed by atoms with E-state index < -0.39 is 0 Å². The van der Waals surface area contributed by atoms with E-state index in [0.29, 0.717) is 23.4 Å². The number of fused-ring (bicyclic) bond motifs is 1. The lowest BCUT2D eigenvalue weighted by Gasteiger charge is -2.15. The minimum Gasteiger partial charge on any atom is -0.335 e.